The van der Waals surface area contributed by atoms with Crippen molar-refractivity contribution in [1.29, 1.82) is 0 Å². The van der Waals surface area contributed by atoms with E-state index in [4.69, 9.17) is 4.43 Å². The van der Waals surface area contributed by atoms with Crippen molar-refractivity contribution < 1.29 is 4.43 Å². The third-order valence-corrected chi connectivity index (χ3v) is 10.6. The van der Waals surface area contributed by atoms with Crippen molar-refractivity contribution in [1.82, 2.24) is 0 Å². The number of hydrogen-bond acceptors (Lipinski definition) is 1. The molecule has 0 rings (SSSR count). The minimum atomic E-state index is -1.71. The molecule has 0 aliphatic rings. The van der Waals surface area contributed by atoms with Crippen molar-refractivity contribution in [2.24, 2.45) is 0 Å². The fraction of sp³-hybridized carbons (Fsp3) is 1.00. The van der Waals surface area contributed by atoms with Gasteiger partial charge in [-0.15, -0.1) is 0 Å². The minimum Gasteiger partial charge on any atom is -0.416 e. The molecule has 0 amide bonds. The number of hydrogen-bond donors (Lipinski definition) is 0. The monoisotopic (exact) mass is 294 g/mol. The molecule has 0 saturated heterocycles. The Morgan fingerprint density at radius 3 is 1.67 bits per heavy atom. The van der Waals surface area contributed by atoms with Crippen molar-refractivity contribution in [2.75, 3.05) is 11.9 Å². The van der Waals surface area contributed by atoms with E-state index in [0.29, 0.717) is 0 Å². The van der Waals surface area contributed by atoms with E-state index in [2.05, 4.69) is 64.0 Å². The van der Waals surface area contributed by atoms with Gasteiger partial charge in [0.05, 0.1) is 0 Å². The van der Waals surface area contributed by atoms with E-state index in [1.54, 1.807) is 0 Å². The normalized spacial score (nSPS) is 14.4. The highest BCUT2D eigenvalue weighted by Gasteiger charge is 2.50. The van der Waals surface area contributed by atoms with Crippen molar-refractivity contribution in [3.63, 3.8) is 0 Å². The second kappa shape index (κ2) is 5.33. The van der Waals surface area contributed by atoms with Crippen LogP contribution in [-0.4, -0.2) is 20.3 Å². The smallest absolute Gasteiger partial charge is 0.200 e. The number of alkyl halides is 1. The molecule has 0 spiro atoms. The van der Waals surface area contributed by atoms with E-state index in [0.717, 1.165) is 18.4 Å². The van der Waals surface area contributed by atoms with Crippen molar-refractivity contribution in [2.45, 2.75) is 64.6 Å². The predicted molar refractivity (Wildman–Crippen MR) is 75.4 cm³/mol. The number of rotatable bonds is 4. The maximum absolute atomic E-state index is 6.31. The first-order valence-corrected chi connectivity index (χ1v) is 9.29. The van der Waals surface area contributed by atoms with Gasteiger partial charge in [0, 0.05) is 11.9 Å². The van der Waals surface area contributed by atoms with Crippen LogP contribution in [0.15, 0.2) is 0 Å². The Labute approximate surface area is 105 Å². The molecule has 0 heterocycles. The summed E-state index contributed by atoms with van der Waals surface area (Å²) < 4.78 is 6.31. The summed E-state index contributed by atoms with van der Waals surface area (Å²) in [6.07, 6.45) is 1.11. The molecule has 0 N–H and O–H groups in total. The van der Waals surface area contributed by atoms with Gasteiger partial charge in [0.1, 0.15) is 0 Å². The maximum Gasteiger partial charge on any atom is 0.200 e. The summed E-state index contributed by atoms with van der Waals surface area (Å²) in [4.78, 5) is 0. The molecule has 0 atom stereocenters. The zero-order valence-corrected chi connectivity index (χ0v) is 14.0. The van der Waals surface area contributed by atoms with Crippen LogP contribution in [0.5, 0.6) is 0 Å². The van der Waals surface area contributed by atoms with Gasteiger partial charge in [-0.3, -0.25) is 0 Å². The third kappa shape index (κ3) is 3.86. The first kappa shape index (κ1) is 15.7. The molecule has 0 fully saturated rings. The van der Waals surface area contributed by atoms with Gasteiger partial charge in [0.2, 0.25) is 0 Å². The van der Waals surface area contributed by atoms with Gasteiger partial charge in [-0.05, 0) is 23.0 Å². The molecular weight excluding hydrogens is 268 g/mol. The summed E-state index contributed by atoms with van der Waals surface area (Å²) in [6.45, 7) is 17.2. The van der Waals surface area contributed by atoms with Crippen LogP contribution in [0, 0.1) is 0 Å². The number of halogens is 1. The second-order valence-corrected chi connectivity index (χ2v) is 12.6. The van der Waals surface area contributed by atoms with Crippen LogP contribution >= 0.6 is 15.9 Å². The lowest BCUT2D eigenvalue weighted by Crippen LogP contribution is -2.52. The summed E-state index contributed by atoms with van der Waals surface area (Å²) in [5.74, 6) is 0. The molecule has 0 aliphatic carbocycles. The molecule has 1 nitrogen and oxygen atoms in total. The third-order valence-electron chi connectivity index (χ3n) is 3.53. The zero-order valence-electron chi connectivity index (χ0n) is 11.4. The molecule has 0 radical (unpaired) electrons. The van der Waals surface area contributed by atoms with Crippen molar-refractivity contribution >= 4 is 24.2 Å². The van der Waals surface area contributed by atoms with Gasteiger partial charge in [-0.1, -0.05) is 57.5 Å². The Bertz CT molecular complexity index is 177. The molecule has 0 aromatic carbocycles. The van der Waals surface area contributed by atoms with Crippen LogP contribution in [0.4, 0.5) is 0 Å². The summed E-state index contributed by atoms with van der Waals surface area (Å²) in [7, 11) is -1.71. The van der Waals surface area contributed by atoms with Crippen molar-refractivity contribution in [3.8, 4) is 0 Å². The van der Waals surface area contributed by atoms with Crippen LogP contribution in [0.3, 0.4) is 0 Å². The van der Waals surface area contributed by atoms with Gasteiger partial charge in [0.15, 0.2) is 8.32 Å². The molecule has 0 aliphatic heterocycles. The molecular formula is C12H27BrOSi. The SMILES string of the molecule is CC(C)(C)[Si](C)(OCCCBr)C(C)(C)C. The van der Waals surface area contributed by atoms with Crippen molar-refractivity contribution in [3.05, 3.63) is 0 Å². The molecule has 15 heavy (non-hydrogen) atoms. The molecule has 0 bridgehead atoms. The Kier molecular flexibility index (Phi) is 5.56. The average molecular weight is 295 g/mol. The lowest BCUT2D eigenvalue weighted by atomic mass is 10.2. The Morgan fingerprint density at radius 1 is 1.00 bits per heavy atom. The van der Waals surface area contributed by atoms with Gasteiger partial charge in [-0.25, -0.2) is 0 Å². The molecule has 3 heteroatoms. The fourth-order valence-electron chi connectivity index (χ4n) is 1.89. The lowest BCUT2D eigenvalue weighted by Gasteiger charge is -2.48. The highest BCUT2D eigenvalue weighted by Crippen LogP contribution is 2.51. The van der Waals surface area contributed by atoms with Crippen LogP contribution in [0.25, 0.3) is 0 Å². The molecule has 0 aromatic rings. The zero-order chi connectivity index (χ0) is 12.3. The summed E-state index contributed by atoms with van der Waals surface area (Å²) >= 11 is 3.45. The first-order chi connectivity index (χ1) is 6.56. The fourth-order valence-corrected chi connectivity index (χ4v) is 5.79. The van der Waals surface area contributed by atoms with Gasteiger partial charge < -0.3 is 4.43 Å². The van der Waals surface area contributed by atoms with E-state index < -0.39 is 8.32 Å². The van der Waals surface area contributed by atoms with E-state index in [1.165, 1.54) is 0 Å². The highest BCUT2D eigenvalue weighted by molar-refractivity contribution is 9.09. The van der Waals surface area contributed by atoms with Crippen LogP contribution in [0.2, 0.25) is 16.6 Å². The Hall–Kier alpha value is 0.657. The first-order valence-electron chi connectivity index (χ1n) is 5.76. The minimum absolute atomic E-state index is 0.289. The Balaban J connectivity index is 4.74. The average Bonchev–Trinajstić information content (AvgIpc) is 2.00. The summed E-state index contributed by atoms with van der Waals surface area (Å²) in [6, 6.07) is 0. The molecule has 0 saturated carbocycles. The highest BCUT2D eigenvalue weighted by atomic mass is 79.9. The van der Waals surface area contributed by atoms with Crippen LogP contribution in [-0.2, 0) is 4.43 Å². The van der Waals surface area contributed by atoms with E-state index >= 15 is 0 Å². The maximum atomic E-state index is 6.31. The van der Waals surface area contributed by atoms with Gasteiger partial charge in [0.25, 0.3) is 0 Å². The molecule has 0 unspecified atom stereocenters. The second-order valence-electron chi connectivity index (χ2n) is 6.42. The molecule has 92 valence electrons. The van der Waals surface area contributed by atoms with Crippen LogP contribution < -0.4 is 0 Å². The summed E-state index contributed by atoms with van der Waals surface area (Å²) in [5, 5.41) is 1.61. The van der Waals surface area contributed by atoms with E-state index in [9.17, 15) is 0 Å². The summed E-state index contributed by atoms with van der Waals surface area (Å²) in [5.41, 5.74) is 0. The van der Waals surface area contributed by atoms with E-state index in [-0.39, 0.29) is 10.1 Å². The largest absolute Gasteiger partial charge is 0.416 e. The van der Waals surface area contributed by atoms with Gasteiger partial charge >= 0.3 is 0 Å². The topological polar surface area (TPSA) is 9.23 Å². The lowest BCUT2D eigenvalue weighted by molar-refractivity contribution is 0.263. The Morgan fingerprint density at radius 2 is 1.40 bits per heavy atom. The molecule has 0 aromatic heterocycles. The van der Waals surface area contributed by atoms with Gasteiger partial charge in [-0.2, -0.15) is 0 Å². The quantitative estimate of drug-likeness (QED) is 0.404. The predicted octanol–water partition coefficient (Wildman–Crippen LogP) is 4.96. The van der Waals surface area contributed by atoms with E-state index in [1.807, 2.05) is 0 Å². The van der Waals surface area contributed by atoms with Crippen LogP contribution in [0.1, 0.15) is 48.0 Å². The standard InChI is InChI=1S/C12H27BrOSi/c1-11(2,3)15(7,12(4,5)6)14-10-8-9-13/h8-10H2,1-7H3.